The third-order valence-corrected chi connectivity index (χ3v) is 3.03. The van der Waals surface area contributed by atoms with Crippen LogP contribution in [-0.4, -0.2) is 35.9 Å². The van der Waals surface area contributed by atoms with E-state index in [1.54, 1.807) is 0 Å². The molecule has 0 aliphatic rings. The minimum Gasteiger partial charge on any atom is -0.475 e. The number of fused-ring (bicyclic) bond motifs is 3. The lowest BCUT2D eigenvalue weighted by atomic mass is 10.2. The Bertz CT molecular complexity index is 933. The summed E-state index contributed by atoms with van der Waals surface area (Å²) in [5.74, 6) is -1.88. The summed E-state index contributed by atoms with van der Waals surface area (Å²) in [4.78, 5) is 32.7. The van der Waals surface area contributed by atoms with Crippen molar-refractivity contribution in [3.05, 3.63) is 33.3 Å². The summed E-state index contributed by atoms with van der Waals surface area (Å²) in [6.07, 6.45) is 0. The molecule has 0 unspecified atom stereocenters. The molecule has 2 heterocycles. The van der Waals surface area contributed by atoms with Crippen LogP contribution < -0.4 is 11.0 Å². The molecule has 1 aromatic carbocycles. The standard InChI is InChI=1S/C10H6ClN5O5/c11-3-1-5-6(2-4(3)15-21-20)16-8(9(17)12-5)13-7(14-16)10(18)19/h1-2,15,20H,(H,12,17)(H,18,19). The van der Waals surface area contributed by atoms with Crippen LogP contribution in [0, 0.1) is 0 Å². The lowest BCUT2D eigenvalue weighted by molar-refractivity contribution is -0.215. The van der Waals surface area contributed by atoms with E-state index < -0.39 is 17.4 Å². The van der Waals surface area contributed by atoms with Crippen molar-refractivity contribution in [1.29, 1.82) is 0 Å². The zero-order valence-corrected chi connectivity index (χ0v) is 10.7. The highest BCUT2D eigenvalue weighted by molar-refractivity contribution is 6.34. The monoisotopic (exact) mass is 311 g/mol. The maximum atomic E-state index is 11.9. The number of benzene rings is 1. The highest BCUT2D eigenvalue weighted by Gasteiger charge is 2.16. The molecule has 0 spiro atoms. The van der Waals surface area contributed by atoms with Crippen molar-refractivity contribution in [3.63, 3.8) is 0 Å². The van der Waals surface area contributed by atoms with Crippen molar-refractivity contribution in [2.24, 2.45) is 0 Å². The molecule has 0 aliphatic heterocycles. The summed E-state index contributed by atoms with van der Waals surface area (Å²) in [5, 5.41) is 21.2. The molecule has 0 atom stereocenters. The first-order valence-corrected chi connectivity index (χ1v) is 5.81. The van der Waals surface area contributed by atoms with E-state index in [9.17, 15) is 9.59 Å². The fourth-order valence-corrected chi connectivity index (χ4v) is 2.06. The lowest BCUT2D eigenvalue weighted by Gasteiger charge is -2.06. The molecule has 0 amide bonds. The van der Waals surface area contributed by atoms with Gasteiger partial charge in [0, 0.05) is 0 Å². The number of carbonyl (C=O) groups is 1. The number of rotatable bonds is 3. The number of carboxylic acids is 1. The number of aromatic nitrogens is 4. The predicted octanol–water partition coefficient (Wildman–Crippen LogP) is 0.739. The van der Waals surface area contributed by atoms with Crippen LogP contribution in [0.2, 0.25) is 5.02 Å². The minimum atomic E-state index is -1.36. The van der Waals surface area contributed by atoms with E-state index in [1.807, 2.05) is 0 Å². The summed E-state index contributed by atoms with van der Waals surface area (Å²) in [6.45, 7) is 0. The normalized spacial score (nSPS) is 11.1. The Labute approximate surface area is 119 Å². The van der Waals surface area contributed by atoms with Crippen molar-refractivity contribution in [2.75, 3.05) is 5.48 Å². The quantitative estimate of drug-likeness (QED) is 0.410. The van der Waals surface area contributed by atoms with Crippen LogP contribution in [0.5, 0.6) is 0 Å². The third-order valence-electron chi connectivity index (χ3n) is 2.72. The average Bonchev–Trinajstić information content (AvgIpc) is 2.87. The Hall–Kier alpha value is -2.69. The summed E-state index contributed by atoms with van der Waals surface area (Å²) in [5.41, 5.74) is 2.14. The molecular weight excluding hydrogens is 306 g/mol. The van der Waals surface area contributed by atoms with E-state index in [1.165, 1.54) is 12.1 Å². The fraction of sp³-hybridized carbons (Fsp3) is 0. The Morgan fingerprint density at radius 1 is 1.48 bits per heavy atom. The summed E-state index contributed by atoms with van der Waals surface area (Å²) in [7, 11) is 0. The van der Waals surface area contributed by atoms with E-state index in [4.69, 9.17) is 22.0 Å². The molecule has 3 rings (SSSR count). The van der Waals surface area contributed by atoms with Crippen LogP contribution in [0.1, 0.15) is 10.6 Å². The lowest BCUT2D eigenvalue weighted by Crippen LogP contribution is -2.11. The number of anilines is 1. The van der Waals surface area contributed by atoms with Crippen molar-refractivity contribution >= 4 is 39.9 Å². The van der Waals surface area contributed by atoms with Crippen molar-refractivity contribution < 1.29 is 20.1 Å². The first-order valence-electron chi connectivity index (χ1n) is 5.43. The number of nitrogens with zero attached hydrogens (tertiary/aromatic N) is 3. The molecule has 21 heavy (non-hydrogen) atoms. The molecule has 10 nitrogen and oxygen atoms in total. The molecule has 0 aliphatic carbocycles. The second-order valence-corrected chi connectivity index (χ2v) is 4.38. The smallest absolute Gasteiger partial charge is 0.375 e. The van der Waals surface area contributed by atoms with Crippen LogP contribution >= 0.6 is 11.6 Å². The van der Waals surface area contributed by atoms with Crippen LogP contribution in [-0.2, 0) is 4.99 Å². The van der Waals surface area contributed by atoms with Gasteiger partial charge < -0.3 is 10.1 Å². The van der Waals surface area contributed by atoms with E-state index in [0.717, 1.165) is 4.52 Å². The van der Waals surface area contributed by atoms with Gasteiger partial charge in [0.2, 0.25) is 5.65 Å². The van der Waals surface area contributed by atoms with E-state index in [-0.39, 0.29) is 16.4 Å². The number of nitrogens with one attached hydrogen (secondary N) is 2. The Balaban J connectivity index is 2.42. The van der Waals surface area contributed by atoms with E-state index in [0.29, 0.717) is 11.0 Å². The highest BCUT2D eigenvalue weighted by Crippen LogP contribution is 2.26. The van der Waals surface area contributed by atoms with Crippen LogP contribution in [0.15, 0.2) is 16.9 Å². The van der Waals surface area contributed by atoms with Gasteiger partial charge in [0.15, 0.2) is 0 Å². The topological polar surface area (TPSA) is 142 Å². The second-order valence-electron chi connectivity index (χ2n) is 3.97. The molecule has 2 aromatic heterocycles. The molecular formula is C10H6ClN5O5. The van der Waals surface area contributed by atoms with Gasteiger partial charge in [-0.2, -0.15) is 4.98 Å². The molecule has 108 valence electrons. The number of H-pyrrole nitrogens is 1. The van der Waals surface area contributed by atoms with Gasteiger partial charge in [0.1, 0.15) is 0 Å². The Morgan fingerprint density at radius 3 is 2.90 bits per heavy atom. The molecule has 0 fully saturated rings. The van der Waals surface area contributed by atoms with Gasteiger partial charge >= 0.3 is 5.97 Å². The molecule has 11 heteroatoms. The number of halogens is 1. The zero-order valence-electron chi connectivity index (χ0n) is 9.99. The van der Waals surface area contributed by atoms with E-state index >= 15 is 0 Å². The molecule has 0 radical (unpaired) electrons. The number of carboxylic acid groups (broad SMARTS) is 1. The Morgan fingerprint density at radius 2 is 2.24 bits per heavy atom. The van der Waals surface area contributed by atoms with Crippen LogP contribution in [0.4, 0.5) is 5.69 Å². The van der Waals surface area contributed by atoms with Gasteiger partial charge in [-0.3, -0.25) is 4.79 Å². The summed E-state index contributed by atoms with van der Waals surface area (Å²) >= 11 is 5.93. The largest absolute Gasteiger partial charge is 0.475 e. The van der Waals surface area contributed by atoms with Crippen LogP contribution in [0.25, 0.3) is 16.7 Å². The SMILES string of the molecule is O=C(O)c1nc2c(=O)[nH]c3cc(Cl)c(NOO)cc3n2n1. The molecule has 0 saturated carbocycles. The average molecular weight is 312 g/mol. The summed E-state index contributed by atoms with van der Waals surface area (Å²) < 4.78 is 1.07. The van der Waals surface area contributed by atoms with Gasteiger partial charge in [-0.25, -0.2) is 20.0 Å². The summed E-state index contributed by atoms with van der Waals surface area (Å²) in [6, 6.07) is 2.79. The number of aromatic carboxylic acids is 1. The maximum absolute atomic E-state index is 11.9. The van der Waals surface area contributed by atoms with Gasteiger partial charge in [-0.1, -0.05) is 11.6 Å². The second kappa shape index (κ2) is 4.70. The number of aromatic amines is 1. The highest BCUT2D eigenvalue weighted by atomic mass is 35.5. The Kier molecular flexibility index (Phi) is 2.97. The predicted molar refractivity (Wildman–Crippen MR) is 70.4 cm³/mol. The molecule has 3 aromatic rings. The van der Waals surface area contributed by atoms with Gasteiger partial charge in [-0.15, -0.1) is 10.1 Å². The van der Waals surface area contributed by atoms with Gasteiger partial charge in [-0.05, 0) is 12.1 Å². The van der Waals surface area contributed by atoms with Gasteiger partial charge in [0.25, 0.3) is 11.4 Å². The zero-order chi connectivity index (χ0) is 15.1. The molecule has 0 saturated heterocycles. The van der Waals surface area contributed by atoms with Crippen molar-refractivity contribution in [1.82, 2.24) is 19.6 Å². The first-order chi connectivity index (χ1) is 10.0. The number of hydrogen-bond donors (Lipinski definition) is 4. The van der Waals surface area contributed by atoms with Crippen molar-refractivity contribution in [2.45, 2.75) is 0 Å². The van der Waals surface area contributed by atoms with Gasteiger partial charge in [0.05, 0.1) is 21.7 Å². The molecule has 4 N–H and O–H groups in total. The van der Waals surface area contributed by atoms with Crippen LogP contribution in [0.3, 0.4) is 0 Å². The minimum absolute atomic E-state index is 0.158. The molecule has 0 bridgehead atoms. The van der Waals surface area contributed by atoms with Crippen molar-refractivity contribution in [3.8, 4) is 0 Å². The first kappa shape index (κ1) is 13.3. The maximum Gasteiger partial charge on any atom is 0.375 e. The van der Waals surface area contributed by atoms with E-state index in [2.05, 4.69) is 25.5 Å². The third kappa shape index (κ3) is 2.07. The fourth-order valence-electron chi connectivity index (χ4n) is 1.86. The number of hydrogen-bond acceptors (Lipinski definition) is 7.